The van der Waals surface area contributed by atoms with E-state index in [0.717, 1.165) is 11.3 Å². The number of likely N-dealkylation sites (N-methyl/N-ethyl adjacent to an activating group) is 1. The Morgan fingerprint density at radius 2 is 1.61 bits per heavy atom. The van der Waals surface area contributed by atoms with Crippen molar-refractivity contribution in [1.29, 1.82) is 0 Å². The number of carbonyl (C=O) groups is 1. The maximum Gasteiger partial charge on any atom is 0.295 e. The molecule has 0 aliphatic rings. The fourth-order valence-electron chi connectivity index (χ4n) is 3.27. The molecule has 28 heavy (non-hydrogen) atoms. The van der Waals surface area contributed by atoms with E-state index in [1.165, 1.54) is 0 Å². The first-order valence-electron chi connectivity index (χ1n) is 9.25. The lowest BCUT2D eigenvalue weighted by Crippen LogP contribution is -2.42. The highest BCUT2D eigenvalue weighted by molar-refractivity contribution is 5.95. The van der Waals surface area contributed by atoms with Crippen LogP contribution in [0.3, 0.4) is 0 Å². The summed E-state index contributed by atoms with van der Waals surface area (Å²) in [5.74, 6) is -0.195. The van der Waals surface area contributed by atoms with E-state index in [2.05, 4.69) is 5.32 Å². The van der Waals surface area contributed by atoms with Crippen molar-refractivity contribution in [2.24, 2.45) is 7.05 Å². The molecule has 0 bridgehead atoms. The van der Waals surface area contributed by atoms with Gasteiger partial charge in [-0.1, -0.05) is 48.5 Å². The minimum absolute atomic E-state index is 0.195. The van der Waals surface area contributed by atoms with Gasteiger partial charge in [0.05, 0.1) is 17.4 Å². The fourth-order valence-corrected chi connectivity index (χ4v) is 3.27. The third-order valence-electron chi connectivity index (χ3n) is 5.00. The molecular formula is C22H26N4O2. The van der Waals surface area contributed by atoms with Gasteiger partial charge in [-0.05, 0) is 45.1 Å². The van der Waals surface area contributed by atoms with Crippen molar-refractivity contribution in [2.45, 2.75) is 19.4 Å². The van der Waals surface area contributed by atoms with Crippen LogP contribution in [-0.2, 0) is 18.3 Å². The van der Waals surface area contributed by atoms with Crippen LogP contribution in [0, 0.1) is 6.92 Å². The smallest absolute Gasteiger partial charge is 0.295 e. The van der Waals surface area contributed by atoms with Gasteiger partial charge in [0.1, 0.15) is 5.69 Å². The van der Waals surface area contributed by atoms with E-state index < -0.39 is 0 Å². The third kappa shape index (κ3) is 3.92. The highest BCUT2D eigenvalue weighted by atomic mass is 16.2. The Balaban J connectivity index is 1.90. The maximum atomic E-state index is 13.0. The van der Waals surface area contributed by atoms with E-state index in [4.69, 9.17) is 0 Å². The Kier molecular flexibility index (Phi) is 5.80. The lowest BCUT2D eigenvalue weighted by Gasteiger charge is -2.23. The van der Waals surface area contributed by atoms with Gasteiger partial charge < -0.3 is 5.32 Å². The molecule has 1 amide bonds. The molecule has 0 aliphatic heterocycles. The fraction of sp³-hybridized carbons (Fsp3) is 0.273. The van der Waals surface area contributed by atoms with Crippen molar-refractivity contribution in [3.63, 3.8) is 0 Å². The molecule has 1 aromatic heterocycles. The highest BCUT2D eigenvalue weighted by Gasteiger charge is 2.25. The quantitative estimate of drug-likeness (QED) is 0.717. The lowest BCUT2D eigenvalue weighted by atomic mass is 10.0. The van der Waals surface area contributed by atoms with Crippen LogP contribution in [0.1, 0.15) is 11.3 Å². The standard InChI is InChI=1S/C22H26N4O2/c1-16-20(22(28)26(25(16)4)18-13-9-6-10-14-18)23-21(27)19(24(2)3)15-17-11-7-5-8-12-17/h5-14,19H,15H2,1-4H3,(H,23,27). The summed E-state index contributed by atoms with van der Waals surface area (Å²) < 4.78 is 3.32. The minimum atomic E-state index is -0.383. The van der Waals surface area contributed by atoms with Crippen LogP contribution in [0.5, 0.6) is 0 Å². The van der Waals surface area contributed by atoms with E-state index in [1.807, 2.05) is 93.6 Å². The van der Waals surface area contributed by atoms with Crippen LogP contribution in [0.4, 0.5) is 5.69 Å². The molecule has 0 spiro atoms. The summed E-state index contributed by atoms with van der Waals surface area (Å²) in [5.41, 5.74) is 2.61. The summed E-state index contributed by atoms with van der Waals surface area (Å²) in [5, 5.41) is 2.88. The number of hydrogen-bond donors (Lipinski definition) is 1. The Labute approximate surface area is 165 Å². The Morgan fingerprint density at radius 1 is 1.04 bits per heavy atom. The predicted octanol–water partition coefficient (Wildman–Crippen LogP) is 2.60. The molecule has 3 rings (SSSR count). The van der Waals surface area contributed by atoms with Crippen LogP contribution >= 0.6 is 0 Å². The molecule has 1 atom stereocenters. The van der Waals surface area contributed by atoms with Crippen molar-refractivity contribution in [2.75, 3.05) is 19.4 Å². The van der Waals surface area contributed by atoms with Crippen molar-refractivity contribution in [3.8, 4) is 5.69 Å². The van der Waals surface area contributed by atoms with Crippen LogP contribution in [0.15, 0.2) is 65.5 Å². The predicted molar refractivity (Wildman–Crippen MR) is 112 cm³/mol. The molecule has 0 saturated carbocycles. The Morgan fingerprint density at radius 3 is 2.18 bits per heavy atom. The summed E-state index contributed by atoms with van der Waals surface area (Å²) in [7, 11) is 5.55. The number of amides is 1. The first-order valence-corrected chi connectivity index (χ1v) is 9.25. The van der Waals surface area contributed by atoms with Crippen molar-refractivity contribution in [1.82, 2.24) is 14.3 Å². The molecule has 6 heteroatoms. The molecule has 6 nitrogen and oxygen atoms in total. The summed E-state index contributed by atoms with van der Waals surface area (Å²) in [6, 6.07) is 18.9. The summed E-state index contributed by atoms with van der Waals surface area (Å²) in [4.78, 5) is 27.9. The summed E-state index contributed by atoms with van der Waals surface area (Å²) in [6.07, 6.45) is 0.568. The molecule has 2 aromatic carbocycles. The Bertz CT molecular complexity index is 1000. The molecule has 146 valence electrons. The minimum Gasteiger partial charge on any atom is -0.319 e. The van der Waals surface area contributed by atoms with E-state index >= 15 is 0 Å². The van der Waals surface area contributed by atoms with Crippen LogP contribution in [0.2, 0.25) is 0 Å². The van der Waals surface area contributed by atoms with Crippen molar-refractivity contribution >= 4 is 11.6 Å². The average molecular weight is 378 g/mol. The molecule has 0 saturated heterocycles. The first kappa shape index (κ1) is 19.6. The van der Waals surface area contributed by atoms with E-state index in [-0.39, 0.29) is 17.5 Å². The number of para-hydroxylation sites is 1. The number of hydrogen-bond acceptors (Lipinski definition) is 3. The molecule has 1 heterocycles. The van der Waals surface area contributed by atoms with Gasteiger partial charge in [-0.3, -0.25) is 19.2 Å². The van der Waals surface area contributed by atoms with Gasteiger partial charge in [0.15, 0.2) is 0 Å². The average Bonchev–Trinajstić information content (AvgIpc) is 2.90. The lowest BCUT2D eigenvalue weighted by molar-refractivity contribution is -0.120. The molecule has 0 aliphatic carbocycles. The van der Waals surface area contributed by atoms with Gasteiger partial charge in [-0.25, -0.2) is 4.68 Å². The van der Waals surface area contributed by atoms with Crippen LogP contribution < -0.4 is 10.9 Å². The normalized spacial score (nSPS) is 12.2. The number of carbonyl (C=O) groups excluding carboxylic acids is 1. The second-order valence-corrected chi connectivity index (χ2v) is 7.09. The molecular weight excluding hydrogens is 352 g/mol. The molecule has 3 aromatic rings. The van der Waals surface area contributed by atoms with Crippen LogP contribution in [-0.4, -0.2) is 40.3 Å². The SMILES string of the molecule is Cc1c(NC(=O)C(Cc2ccccc2)N(C)C)c(=O)n(-c2ccccc2)n1C. The number of nitrogens with zero attached hydrogens (tertiary/aromatic N) is 3. The molecule has 0 radical (unpaired) electrons. The number of nitrogens with one attached hydrogen (secondary N) is 1. The Hall–Kier alpha value is -3.12. The van der Waals surface area contributed by atoms with E-state index in [9.17, 15) is 9.59 Å². The van der Waals surface area contributed by atoms with Crippen molar-refractivity contribution in [3.05, 3.63) is 82.3 Å². The monoisotopic (exact) mass is 378 g/mol. The number of benzene rings is 2. The van der Waals surface area contributed by atoms with Gasteiger partial charge in [-0.15, -0.1) is 0 Å². The van der Waals surface area contributed by atoms with Gasteiger partial charge in [-0.2, -0.15) is 0 Å². The summed E-state index contributed by atoms with van der Waals surface area (Å²) in [6.45, 7) is 1.83. The highest BCUT2D eigenvalue weighted by Crippen LogP contribution is 2.15. The van der Waals surface area contributed by atoms with E-state index in [1.54, 1.807) is 9.36 Å². The van der Waals surface area contributed by atoms with Crippen LogP contribution in [0.25, 0.3) is 5.69 Å². The molecule has 1 N–H and O–H groups in total. The van der Waals surface area contributed by atoms with Gasteiger partial charge >= 0.3 is 0 Å². The number of anilines is 1. The second-order valence-electron chi connectivity index (χ2n) is 7.09. The number of aromatic nitrogens is 2. The second kappa shape index (κ2) is 8.27. The topological polar surface area (TPSA) is 59.3 Å². The van der Waals surface area contributed by atoms with Gasteiger partial charge in [0.25, 0.3) is 5.56 Å². The largest absolute Gasteiger partial charge is 0.319 e. The molecule has 0 fully saturated rings. The zero-order valence-corrected chi connectivity index (χ0v) is 16.7. The molecule has 1 unspecified atom stereocenters. The summed E-state index contributed by atoms with van der Waals surface area (Å²) >= 11 is 0. The van der Waals surface area contributed by atoms with Gasteiger partial charge in [0, 0.05) is 7.05 Å². The van der Waals surface area contributed by atoms with Crippen molar-refractivity contribution < 1.29 is 4.79 Å². The zero-order chi connectivity index (χ0) is 20.3. The first-order chi connectivity index (χ1) is 13.4. The third-order valence-corrected chi connectivity index (χ3v) is 5.00. The van der Waals surface area contributed by atoms with Gasteiger partial charge in [0.2, 0.25) is 5.91 Å². The maximum absolute atomic E-state index is 13.0. The van der Waals surface area contributed by atoms with E-state index in [0.29, 0.717) is 17.8 Å². The zero-order valence-electron chi connectivity index (χ0n) is 16.7. The number of rotatable bonds is 6.